The third-order valence-electron chi connectivity index (χ3n) is 3.78. The zero-order valence-electron chi connectivity index (χ0n) is 11.5. The Morgan fingerprint density at radius 1 is 1.50 bits per heavy atom. The molecule has 0 aromatic heterocycles. The molecular formula is C15H22N2O. The van der Waals surface area contributed by atoms with E-state index in [1.54, 1.807) is 0 Å². The summed E-state index contributed by atoms with van der Waals surface area (Å²) in [6.45, 7) is 5.08. The van der Waals surface area contributed by atoms with Crippen LogP contribution in [-0.4, -0.2) is 30.4 Å². The molecule has 1 aromatic carbocycles. The molecule has 3 heteroatoms. The van der Waals surface area contributed by atoms with Crippen molar-refractivity contribution >= 4 is 11.6 Å². The van der Waals surface area contributed by atoms with Gasteiger partial charge in [-0.15, -0.1) is 0 Å². The summed E-state index contributed by atoms with van der Waals surface area (Å²) in [7, 11) is 1.86. The van der Waals surface area contributed by atoms with Crippen LogP contribution in [0.5, 0.6) is 0 Å². The molecule has 3 nitrogen and oxygen atoms in total. The molecule has 18 heavy (non-hydrogen) atoms. The van der Waals surface area contributed by atoms with Crippen molar-refractivity contribution in [1.82, 2.24) is 4.90 Å². The van der Waals surface area contributed by atoms with Crippen LogP contribution in [0.25, 0.3) is 0 Å². The van der Waals surface area contributed by atoms with Crippen molar-refractivity contribution in [3.05, 3.63) is 29.3 Å². The minimum atomic E-state index is 0.174. The van der Waals surface area contributed by atoms with Gasteiger partial charge in [0, 0.05) is 25.3 Å². The van der Waals surface area contributed by atoms with Crippen LogP contribution in [0.4, 0.5) is 5.69 Å². The van der Waals surface area contributed by atoms with E-state index in [9.17, 15) is 4.79 Å². The minimum absolute atomic E-state index is 0.174. The molecule has 98 valence electrons. The first-order valence-corrected chi connectivity index (χ1v) is 6.76. The number of hydrogen-bond acceptors (Lipinski definition) is 2. The summed E-state index contributed by atoms with van der Waals surface area (Å²) in [5.41, 5.74) is 2.86. The summed E-state index contributed by atoms with van der Waals surface area (Å²) < 4.78 is 0. The summed E-state index contributed by atoms with van der Waals surface area (Å²) >= 11 is 0. The second kappa shape index (κ2) is 5.42. The number of carbonyl (C=O) groups excluding carboxylic acids is 1. The van der Waals surface area contributed by atoms with Crippen molar-refractivity contribution in [2.75, 3.05) is 18.9 Å². The van der Waals surface area contributed by atoms with Crippen molar-refractivity contribution in [3.63, 3.8) is 0 Å². The van der Waals surface area contributed by atoms with E-state index in [1.165, 1.54) is 0 Å². The lowest BCUT2D eigenvalue weighted by molar-refractivity contribution is 0.0734. The number of likely N-dealkylation sites (tertiary alicyclic amines) is 1. The second-order valence-electron chi connectivity index (χ2n) is 5.00. The van der Waals surface area contributed by atoms with Crippen LogP contribution in [0, 0.1) is 6.92 Å². The van der Waals surface area contributed by atoms with E-state index in [2.05, 4.69) is 12.2 Å². The number of aryl methyl sites for hydroxylation is 1. The topological polar surface area (TPSA) is 32.3 Å². The standard InChI is InChI=1S/C15H22N2O/c1-4-12-6-5-9-17(12)15(18)13-10-11(2)7-8-14(13)16-3/h7-8,10,12,16H,4-6,9H2,1-3H3. The Labute approximate surface area is 109 Å². The number of carbonyl (C=O) groups is 1. The van der Waals surface area contributed by atoms with Crippen LogP contribution in [-0.2, 0) is 0 Å². The maximum atomic E-state index is 12.6. The molecule has 0 aliphatic carbocycles. The molecule has 2 rings (SSSR count). The number of hydrogen-bond donors (Lipinski definition) is 1. The molecule has 1 fully saturated rings. The van der Waals surface area contributed by atoms with E-state index in [1.807, 2.05) is 37.1 Å². The number of benzene rings is 1. The smallest absolute Gasteiger partial charge is 0.256 e. The highest BCUT2D eigenvalue weighted by atomic mass is 16.2. The summed E-state index contributed by atoms with van der Waals surface area (Å²) in [6, 6.07) is 6.42. The van der Waals surface area contributed by atoms with E-state index in [4.69, 9.17) is 0 Å². The molecule has 1 atom stereocenters. The number of amides is 1. The molecule has 1 aliphatic rings. The van der Waals surface area contributed by atoms with Gasteiger partial charge in [-0.25, -0.2) is 0 Å². The van der Waals surface area contributed by atoms with Crippen LogP contribution >= 0.6 is 0 Å². The average Bonchev–Trinajstić information content (AvgIpc) is 2.86. The van der Waals surface area contributed by atoms with Gasteiger partial charge >= 0.3 is 0 Å². The quantitative estimate of drug-likeness (QED) is 0.889. The van der Waals surface area contributed by atoms with Crippen molar-refractivity contribution in [1.29, 1.82) is 0 Å². The van der Waals surface area contributed by atoms with Gasteiger partial charge in [-0.2, -0.15) is 0 Å². The predicted molar refractivity (Wildman–Crippen MR) is 75.1 cm³/mol. The molecule has 0 bridgehead atoms. The second-order valence-corrected chi connectivity index (χ2v) is 5.00. The van der Waals surface area contributed by atoms with E-state index in [0.717, 1.165) is 42.6 Å². The van der Waals surface area contributed by atoms with Crippen molar-refractivity contribution in [2.45, 2.75) is 39.2 Å². The third-order valence-corrected chi connectivity index (χ3v) is 3.78. The lowest BCUT2D eigenvalue weighted by Crippen LogP contribution is -2.35. The van der Waals surface area contributed by atoms with Gasteiger partial charge in [0.1, 0.15) is 0 Å². The van der Waals surface area contributed by atoms with E-state index >= 15 is 0 Å². The molecule has 1 aliphatic heterocycles. The molecule has 0 saturated carbocycles. The zero-order chi connectivity index (χ0) is 13.1. The summed E-state index contributed by atoms with van der Waals surface area (Å²) in [4.78, 5) is 14.7. The minimum Gasteiger partial charge on any atom is -0.387 e. The largest absolute Gasteiger partial charge is 0.387 e. The van der Waals surface area contributed by atoms with Gasteiger partial charge in [-0.05, 0) is 38.3 Å². The Morgan fingerprint density at radius 2 is 2.28 bits per heavy atom. The third kappa shape index (κ3) is 2.35. The first-order valence-electron chi connectivity index (χ1n) is 6.76. The fourth-order valence-electron chi connectivity index (χ4n) is 2.74. The summed E-state index contributed by atoms with van der Waals surface area (Å²) in [5.74, 6) is 0.174. The Morgan fingerprint density at radius 3 is 2.94 bits per heavy atom. The Bertz CT molecular complexity index is 442. The number of anilines is 1. The molecule has 1 unspecified atom stereocenters. The number of nitrogens with zero attached hydrogens (tertiary/aromatic N) is 1. The van der Waals surface area contributed by atoms with Crippen molar-refractivity contribution in [2.24, 2.45) is 0 Å². The molecule has 1 aromatic rings. The van der Waals surface area contributed by atoms with E-state index < -0.39 is 0 Å². The van der Waals surface area contributed by atoms with Crippen LogP contribution in [0.15, 0.2) is 18.2 Å². The van der Waals surface area contributed by atoms with Crippen LogP contribution in [0.3, 0.4) is 0 Å². The maximum Gasteiger partial charge on any atom is 0.256 e. The highest BCUT2D eigenvalue weighted by molar-refractivity contribution is 6.00. The molecule has 1 N–H and O–H groups in total. The Kier molecular flexibility index (Phi) is 3.90. The highest BCUT2D eigenvalue weighted by Gasteiger charge is 2.29. The zero-order valence-corrected chi connectivity index (χ0v) is 11.5. The lowest BCUT2D eigenvalue weighted by Gasteiger charge is -2.25. The van der Waals surface area contributed by atoms with Gasteiger partial charge in [0.15, 0.2) is 0 Å². The molecule has 0 radical (unpaired) electrons. The SMILES string of the molecule is CCC1CCCN1C(=O)c1cc(C)ccc1NC. The molecular weight excluding hydrogens is 224 g/mol. The molecule has 1 saturated heterocycles. The lowest BCUT2D eigenvalue weighted by atomic mass is 10.1. The Hall–Kier alpha value is -1.51. The van der Waals surface area contributed by atoms with Gasteiger partial charge in [0.05, 0.1) is 5.56 Å². The van der Waals surface area contributed by atoms with Crippen molar-refractivity contribution < 1.29 is 4.79 Å². The van der Waals surface area contributed by atoms with E-state index in [-0.39, 0.29) is 5.91 Å². The first-order chi connectivity index (χ1) is 8.67. The summed E-state index contributed by atoms with van der Waals surface area (Å²) in [6.07, 6.45) is 3.32. The number of nitrogens with one attached hydrogen (secondary N) is 1. The van der Waals surface area contributed by atoms with Crippen molar-refractivity contribution in [3.8, 4) is 0 Å². The molecule has 1 amide bonds. The Balaban J connectivity index is 2.30. The molecule has 0 spiro atoms. The van der Waals surface area contributed by atoms with Gasteiger partial charge in [-0.3, -0.25) is 4.79 Å². The monoisotopic (exact) mass is 246 g/mol. The van der Waals surface area contributed by atoms with Crippen LogP contribution < -0.4 is 5.32 Å². The summed E-state index contributed by atoms with van der Waals surface area (Å²) in [5, 5.41) is 3.11. The van der Waals surface area contributed by atoms with Crippen LogP contribution in [0.2, 0.25) is 0 Å². The normalized spacial score (nSPS) is 19.1. The van der Waals surface area contributed by atoms with Gasteiger partial charge in [0.2, 0.25) is 0 Å². The van der Waals surface area contributed by atoms with Gasteiger partial charge in [0.25, 0.3) is 5.91 Å². The maximum absolute atomic E-state index is 12.6. The fraction of sp³-hybridized carbons (Fsp3) is 0.533. The highest BCUT2D eigenvalue weighted by Crippen LogP contribution is 2.25. The van der Waals surface area contributed by atoms with Gasteiger partial charge in [-0.1, -0.05) is 18.6 Å². The average molecular weight is 246 g/mol. The molecule has 1 heterocycles. The fourth-order valence-corrected chi connectivity index (χ4v) is 2.74. The first kappa shape index (κ1) is 12.9. The van der Waals surface area contributed by atoms with E-state index in [0.29, 0.717) is 6.04 Å². The predicted octanol–water partition coefficient (Wildman–Crippen LogP) is 3.05. The van der Waals surface area contributed by atoms with Crippen LogP contribution in [0.1, 0.15) is 42.1 Å². The number of rotatable bonds is 3. The van der Waals surface area contributed by atoms with Gasteiger partial charge < -0.3 is 10.2 Å².